The summed E-state index contributed by atoms with van der Waals surface area (Å²) in [6, 6.07) is 2.65. The van der Waals surface area contributed by atoms with E-state index in [1.807, 2.05) is 0 Å². The summed E-state index contributed by atoms with van der Waals surface area (Å²) < 4.78 is 14.6. The van der Waals surface area contributed by atoms with Crippen molar-refractivity contribution in [1.29, 1.82) is 0 Å². The predicted molar refractivity (Wildman–Crippen MR) is 83.1 cm³/mol. The van der Waals surface area contributed by atoms with Crippen molar-refractivity contribution in [3.8, 4) is 0 Å². The molecule has 1 saturated heterocycles. The Morgan fingerprint density at radius 1 is 1.04 bits per heavy atom. The van der Waals surface area contributed by atoms with Crippen molar-refractivity contribution in [2.24, 2.45) is 0 Å². The molecular formula is C15H14FN7O. The molecule has 4 heterocycles. The Morgan fingerprint density at radius 3 is 2.62 bits per heavy atom. The normalized spacial score (nSPS) is 15.0. The van der Waals surface area contributed by atoms with E-state index in [1.165, 1.54) is 18.5 Å². The van der Waals surface area contributed by atoms with Crippen LogP contribution in [0.2, 0.25) is 0 Å². The number of hydrogen-bond acceptors (Lipinski definition) is 6. The molecule has 3 aromatic heterocycles. The van der Waals surface area contributed by atoms with E-state index in [2.05, 4.69) is 25.0 Å². The molecular weight excluding hydrogens is 313 g/mol. The number of anilines is 1. The SMILES string of the molecule is O=C(c1ccc(F)cn1)N1CCN(c2cncc3ncnn23)CC1. The third-order valence-corrected chi connectivity index (χ3v) is 4.01. The van der Waals surface area contributed by atoms with Crippen molar-refractivity contribution in [3.63, 3.8) is 0 Å². The molecule has 0 radical (unpaired) electrons. The van der Waals surface area contributed by atoms with Gasteiger partial charge in [-0.3, -0.25) is 9.78 Å². The lowest BCUT2D eigenvalue weighted by Gasteiger charge is -2.35. The van der Waals surface area contributed by atoms with Crippen LogP contribution >= 0.6 is 0 Å². The molecule has 0 unspecified atom stereocenters. The lowest BCUT2D eigenvalue weighted by molar-refractivity contribution is 0.0740. The summed E-state index contributed by atoms with van der Waals surface area (Å²) in [6.07, 6.45) is 5.93. The first-order valence-corrected chi connectivity index (χ1v) is 7.52. The molecule has 4 rings (SSSR count). The van der Waals surface area contributed by atoms with Crippen LogP contribution in [0.4, 0.5) is 10.2 Å². The number of fused-ring (bicyclic) bond motifs is 1. The number of halogens is 1. The molecule has 1 fully saturated rings. The molecule has 24 heavy (non-hydrogen) atoms. The van der Waals surface area contributed by atoms with Gasteiger partial charge in [0.05, 0.1) is 18.6 Å². The van der Waals surface area contributed by atoms with E-state index in [4.69, 9.17) is 0 Å². The second-order valence-electron chi connectivity index (χ2n) is 5.44. The van der Waals surface area contributed by atoms with E-state index < -0.39 is 5.82 Å². The van der Waals surface area contributed by atoms with Crippen LogP contribution in [0.3, 0.4) is 0 Å². The average Bonchev–Trinajstić information content (AvgIpc) is 3.11. The van der Waals surface area contributed by atoms with Gasteiger partial charge in [0.15, 0.2) is 11.5 Å². The zero-order chi connectivity index (χ0) is 16.5. The Balaban J connectivity index is 1.48. The number of amides is 1. The quantitative estimate of drug-likeness (QED) is 0.686. The van der Waals surface area contributed by atoms with E-state index in [0.717, 1.165) is 12.0 Å². The number of carbonyl (C=O) groups is 1. The molecule has 0 aromatic carbocycles. The third-order valence-electron chi connectivity index (χ3n) is 4.01. The minimum atomic E-state index is -0.454. The zero-order valence-electron chi connectivity index (χ0n) is 12.7. The maximum atomic E-state index is 12.9. The van der Waals surface area contributed by atoms with Gasteiger partial charge in [0.2, 0.25) is 0 Å². The van der Waals surface area contributed by atoms with Crippen LogP contribution in [0.15, 0.2) is 37.1 Å². The summed E-state index contributed by atoms with van der Waals surface area (Å²) in [5.41, 5.74) is 0.936. The number of nitrogens with zero attached hydrogens (tertiary/aromatic N) is 7. The highest BCUT2D eigenvalue weighted by Gasteiger charge is 2.24. The van der Waals surface area contributed by atoms with Crippen molar-refractivity contribution < 1.29 is 9.18 Å². The van der Waals surface area contributed by atoms with Gasteiger partial charge >= 0.3 is 0 Å². The summed E-state index contributed by atoms with van der Waals surface area (Å²) in [5, 5.41) is 4.20. The van der Waals surface area contributed by atoms with E-state index in [0.29, 0.717) is 31.8 Å². The van der Waals surface area contributed by atoms with Gasteiger partial charge in [0.25, 0.3) is 5.91 Å². The van der Waals surface area contributed by atoms with Gasteiger partial charge in [-0.2, -0.15) is 9.61 Å². The smallest absolute Gasteiger partial charge is 0.272 e. The van der Waals surface area contributed by atoms with Gasteiger partial charge in [-0.05, 0) is 12.1 Å². The largest absolute Gasteiger partial charge is 0.352 e. The Labute approximate surface area is 136 Å². The van der Waals surface area contributed by atoms with Crippen molar-refractivity contribution in [3.05, 3.63) is 48.6 Å². The highest BCUT2D eigenvalue weighted by atomic mass is 19.1. The summed E-state index contributed by atoms with van der Waals surface area (Å²) in [7, 11) is 0. The number of hydrogen-bond donors (Lipinski definition) is 0. The topological polar surface area (TPSA) is 79.5 Å². The Bertz CT molecular complexity index is 871. The lowest BCUT2D eigenvalue weighted by atomic mass is 10.2. The Hall–Kier alpha value is -3.10. The third kappa shape index (κ3) is 2.53. The Morgan fingerprint density at radius 2 is 1.88 bits per heavy atom. The lowest BCUT2D eigenvalue weighted by Crippen LogP contribution is -2.49. The molecule has 1 aliphatic rings. The number of pyridine rings is 1. The molecule has 8 nitrogen and oxygen atoms in total. The maximum Gasteiger partial charge on any atom is 0.272 e. The second-order valence-corrected chi connectivity index (χ2v) is 5.44. The monoisotopic (exact) mass is 327 g/mol. The zero-order valence-corrected chi connectivity index (χ0v) is 12.7. The molecule has 0 aliphatic carbocycles. The van der Waals surface area contributed by atoms with Crippen LogP contribution in [0.25, 0.3) is 5.65 Å². The molecule has 0 N–H and O–H groups in total. The molecule has 0 spiro atoms. The van der Waals surface area contributed by atoms with Crippen LogP contribution in [0, 0.1) is 5.82 Å². The van der Waals surface area contributed by atoms with E-state index in [1.54, 1.807) is 21.8 Å². The first-order chi connectivity index (χ1) is 11.7. The molecule has 9 heteroatoms. The van der Waals surface area contributed by atoms with Crippen LogP contribution in [0.5, 0.6) is 0 Å². The summed E-state index contributed by atoms with van der Waals surface area (Å²) in [6.45, 7) is 2.38. The maximum absolute atomic E-state index is 12.9. The van der Waals surface area contributed by atoms with Crippen molar-refractivity contribution in [2.75, 3.05) is 31.1 Å². The van der Waals surface area contributed by atoms with Crippen molar-refractivity contribution in [1.82, 2.24) is 29.5 Å². The molecule has 1 amide bonds. The summed E-state index contributed by atoms with van der Waals surface area (Å²) >= 11 is 0. The molecule has 0 atom stereocenters. The molecule has 0 bridgehead atoms. The van der Waals surface area contributed by atoms with Gasteiger partial charge in [0, 0.05) is 26.2 Å². The summed E-state index contributed by atoms with van der Waals surface area (Å²) in [5.74, 6) is 0.202. The molecule has 122 valence electrons. The highest BCUT2D eigenvalue weighted by Crippen LogP contribution is 2.16. The minimum absolute atomic E-state index is 0.188. The average molecular weight is 327 g/mol. The van der Waals surface area contributed by atoms with Crippen molar-refractivity contribution >= 4 is 17.4 Å². The first-order valence-electron chi connectivity index (χ1n) is 7.52. The fraction of sp³-hybridized carbons (Fsp3) is 0.267. The molecule has 3 aromatic rings. The van der Waals surface area contributed by atoms with Gasteiger partial charge in [-0.15, -0.1) is 0 Å². The van der Waals surface area contributed by atoms with Crippen LogP contribution in [0.1, 0.15) is 10.5 Å². The van der Waals surface area contributed by atoms with Crippen LogP contribution in [-0.4, -0.2) is 61.6 Å². The summed E-state index contributed by atoms with van der Waals surface area (Å²) in [4.78, 5) is 28.4. The van der Waals surface area contributed by atoms with Crippen molar-refractivity contribution in [2.45, 2.75) is 0 Å². The fourth-order valence-corrected chi connectivity index (χ4v) is 2.76. The number of piperazine rings is 1. The van der Waals surface area contributed by atoms with Crippen LogP contribution < -0.4 is 4.90 Å². The van der Waals surface area contributed by atoms with Gasteiger partial charge in [0.1, 0.15) is 17.8 Å². The first kappa shape index (κ1) is 14.5. The number of rotatable bonds is 2. The molecule has 0 saturated carbocycles. The van der Waals surface area contributed by atoms with Gasteiger partial charge < -0.3 is 9.80 Å². The minimum Gasteiger partial charge on any atom is -0.352 e. The predicted octanol–water partition coefficient (Wildman–Crippen LogP) is 0.621. The highest BCUT2D eigenvalue weighted by molar-refractivity contribution is 5.92. The van der Waals surface area contributed by atoms with E-state index >= 15 is 0 Å². The molecule has 1 aliphatic heterocycles. The van der Waals surface area contributed by atoms with Crippen LogP contribution in [-0.2, 0) is 0 Å². The standard InChI is InChI=1S/C15H14FN7O/c16-11-1-2-12(18-7-11)15(24)22-5-3-21(4-6-22)14-9-17-8-13-19-10-20-23(13)14/h1-2,7-10H,3-6H2. The number of carbonyl (C=O) groups excluding carboxylic acids is 1. The Kier molecular flexibility index (Phi) is 3.52. The fourth-order valence-electron chi connectivity index (χ4n) is 2.76. The van der Waals surface area contributed by atoms with E-state index in [-0.39, 0.29) is 11.6 Å². The van der Waals surface area contributed by atoms with Gasteiger partial charge in [-0.25, -0.2) is 14.4 Å². The van der Waals surface area contributed by atoms with E-state index in [9.17, 15) is 9.18 Å². The number of aromatic nitrogens is 5. The second kappa shape index (κ2) is 5.84. The van der Waals surface area contributed by atoms with Gasteiger partial charge in [-0.1, -0.05) is 0 Å².